The molecule has 0 aliphatic carbocycles. The number of carbonyl (C=O) groups is 3. The predicted octanol–water partition coefficient (Wildman–Crippen LogP) is 25.5. The summed E-state index contributed by atoms with van der Waals surface area (Å²) in [4.78, 5) is 38.5. The largest absolute Gasteiger partial charge is 0.462 e. The molecule has 82 heavy (non-hydrogen) atoms. The lowest BCUT2D eigenvalue weighted by atomic mass is 10.0. The number of allylic oxidation sites excluding steroid dienone is 6. The summed E-state index contributed by atoms with van der Waals surface area (Å²) in [6.45, 7) is 6.65. The zero-order valence-electron chi connectivity index (χ0n) is 55.5. The lowest BCUT2D eigenvalue weighted by Crippen LogP contribution is -2.30. The molecule has 0 heterocycles. The molecule has 0 aromatic carbocycles. The molecule has 0 bridgehead atoms. The van der Waals surface area contributed by atoms with Gasteiger partial charge in [-0.05, 0) is 70.6 Å². The maximum absolute atomic E-state index is 13.0. The Labute approximate surface area is 512 Å². The van der Waals surface area contributed by atoms with Gasteiger partial charge < -0.3 is 14.2 Å². The lowest BCUT2D eigenvalue weighted by Gasteiger charge is -2.18. The first-order chi connectivity index (χ1) is 40.5. The molecular weight excluding hydrogens is 1010 g/mol. The molecule has 0 aliphatic rings. The Balaban J connectivity index is 4.19. The van der Waals surface area contributed by atoms with E-state index in [2.05, 4.69) is 57.2 Å². The van der Waals surface area contributed by atoms with Crippen molar-refractivity contribution in [1.82, 2.24) is 0 Å². The van der Waals surface area contributed by atoms with E-state index in [0.29, 0.717) is 19.3 Å². The lowest BCUT2D eigenvalue weighted by molar-refractivity contribution is -0.167. The number of hydrogen-bond donors (Lipinski definition) is 0. The van der Waals surface area contributed by atoms with E-state index in [0.717, 1.165) is 83.5 Å². The van der Waals surface area contributed by atoms with Crippen LogP contribution in [0.2, 0.25) is 0 Å². The van der Waals surface area contributed by atoms with Crippen molar-refractivity contribution in [2.75, 3.05) is 13.2 Å². The summed E-state index contributed by atoms with van der Waals surface area (Å²) in [5.74, 6) is -0.855. The zero-order chi connectivity index (χ0) is 59.2. The first-order valence-electron chi connectivity index (χ1n) is 37.0. The van der Waals surface area contributed by atoms with Crippen molar-refractivity contribution < 1.29 is 28.6 Å². The van der Waals surface area contributed by atoms with E-state index in [4.69, 9.17) is 14.2 Å². The van der Waals surface area contributed by atoms with E-state index >= 15 is 0 Å². The molecule has 482 valence electrons. The molecule has 0 fully saturated rings. The molecule has 0 saturated heterocycles. The van der Waals surface area contributed by atoms with Crippen molar-refractivity contribution >= 4 is 17.9 Å². The summed E-state index contributed by atoms with van der Waals surface area (Å²) >= 11 is 0. The molecule has 1 unspecified atom stereocenters. The molecule has 0 aliphatic heterocycles. The average molecular weight is 1150 g/mol. The van der Waals surface area contributed by atoms with Gasteiger partial charge >= 0.3 is 17.9 Å². The van der Waals surface area contributed by atoms with E-state index in [1.165, 1.54) is 289 Å². The standard InChI is InChI=1S/C76H142O6/c1-4-7-10-13-16-19-22-25-27-29-31-33-35-37-38-39-41-42-44-46-48-51-54-57-60-63-66-69-75(78)81-72-73(71-80-74(77)68-65-62-59-56-53-50-24-21-18-15-12-9-6-3)82-76(79)70-67-64-61-58-55-52-49-47-45-43-40-36-34-32-30-28-26-23-20-17-14-11-8-5-2/h12,15,21,24,29,31,73H,4-11,13-14,16-20,22-23,25-28,30,32-72H2,1-3H3/b15-12-,24-21-,31-29-. The third kappa shape index (κ3) is 68.4. The van der Waals surface area contributed by atoms with Crippen LogP contribution in [0.25, 0.3) is 0 Å². The van der Waals surface area contributed by atoms with E-state index in [1.54, 1.807) is 0 Å². The number of unbranched alkanes of at least 4 members (excludes halogenated alkanes) is 52. The Morgan fingerprint density at radius 2 is 0.463 bits per heavy atom. The average Bonchev–Trinajstić information content (AvgIpc) is 3.47. The summed E-state index contributed by atoms with van der Waals surface area (Å²) in [6.07, 6.45) is 89.1. The first kappa shape index (κ1) is 79.6. The molecule has 0 saturated carbocycles. The van der Waals surface area contributed by atoms with Gasteiger partial charge in [-0.15, -0.1) is 0 Å². The van der Waals surface area contributed by atoms with Gasteiger partial charge in [0.05, 0.1) is 0 Å². The SMILES string of the molecule is CCC/C=C\C/C=C\CCCCCCCC(=O)OCC(COC(=O)CCCCCCCCCCCCCCCCC/C=C\CCCCCCCCCC)OC(=O)CCCCCCCCCCCCCCCCCCCCCCCCCC. The maximum Gasteiger partial charge on any atom is 0.306 e. The van der Waals surface area contributed by atoms with Gasteiger partial charge in [0.2, 0.25) is 0 Å². The van der Waals surface area contributed by atoms with Crippen molar-refractivity contribution in [3.8, 4) is 0 Å². The smallest absolute Gasteiger partial charge is 0.306 e. The molecule has 0 spiro atoms. The maximum atomic E-state index is 13.0. The zero-order valence-corrected chi connectivity index (χ0v) is 55.5. The third-order valence-electron chi connectivity index (χ3n) is 16.8. The molecule has 0 aromatic rings. The van der Waals surface area contributed by atoms with Gasteiger partial charge in [0.25, 0.3) is 0 Å². The topological polar surface area (TPSA) is 78.9 Å². The van der Waals surface area contributed by atoms with Crippen LogP contribution in [0.3, 0.4) is 0 Å². The highest BCUT2D eigenvalue weighted by Crippen LogP contribution is 2.19. The molecule has 0 rings (SSSR count). The van der Waals surface area contributed by atoms with E-state index in [9.17, 15) is 14.4 Å². The minimum atomic E-state index is -0.776. The summed E-state index contributed by atoms with van der Waals surface area (Å²) in [5.41, 5.74) is 0. The van der Waals surface area contributed by atoms with Crippen molar-refractivity contribution in [1.29, 1.82) is 0 Å². The number of rotatable bonds is 69. The number of ether oxygens (including phenoxy) is 3. The van der Waals surface area contributed by atoms with Crippen LogP contribution in [0.15, 0.2) is 36.5 Å². The Bertz CT molecular complexity index is 1370. The third-order valence-corrected chi connectivity index (χ3v) is 16.8. The minimum absolute atomic E-state index is 0.0713. The van der Waals surface area contributed by atoms with E-state index < -0.39 is 6.10 Å². The van der Waals surface area contributed by atoms with Crippen LogP contribution in [0, 0.1) is 0 Å². The highest BCUT2D eigenvalue weighted by molar-refractivity contribution is 5.71. The van der Waals surface area contributed by atoms with Crippen LogP contribution >= 0.6 is 0 Å². The second-order valence-electron chi connectivity index (χ2n) is 25.2. The number of hydrogen-bond acceptors (Lipinski definition) is 6. The predicted molar refractivity (Wildman–Crippen MR) is 358 cm³/mol. The van der Waals surface area contributed by atoms with Gasteiger partial charge in [-0.3, -0.25) is 14.4 Å². The van der Waals surface area contributed by atoms with Gasteiger partial charge in [0.15, 0.2) is 6.10 Å². The molecular formula is C76H142O6. The fourth-order valence-corrected chi connectivity index (χ4v) is 11.3. The van der Waals surface area contributed by atoms with Gasteiger partial charge in [0.1, 0.15) is 13.2 Å². The highest BCUT2D eigenvalue weighted by Gasteiger charge is 2.19. The van der Waals surface area contributed by atoms with Gasteiger partial charge in [0, 0.05) is 19.3 Å². The molecule has 0 radical (unpaired) electrons. The monoisotopic (exact) mass is 1150 g/mol. The Morgan fingerprint density at radius 1 is 0.244 bits per heavy atom. The minimum Gasteiger partial charge on any atom is -0.462 e. The Morgan fingerprint density at radius 3 is 0.732 bits per heavy atom. The van der Waals surface area contributed by atoms with Crippen LogP contribution in [-0.4, -0.2) is 37.2 Å². The van der Waals surface area contributed by atoms with Crippen LogP contribution in [0.4, 0.5) is 0 Å². The van der Waals surface area contributed by atoms with Crippen molar-refractivity contribution in [3.63, 3.8) is 0 Å². The summed E-state index contributed by atoms with van der Waals surface area (Å²) in [6, 6.07) is 0. The molecule has 0 amide bonds. The summed E-state index contributed by atoms with van der Waals surface area (Å²) in [7, 11) is 0. The van der Waals surface area contributed by atoms with Gasteiger partial charge in [-0.25, -0.2) is 0 Å². The van der Waals surface area contributed by atoms with Crippen molar-refractivity contribution in [2.45, 2.75) is 419 Å². The van der Waals surface area contributed by atoms with Crippen LogP contribution in [-0.2, 0) is 28.6 Å². The normalized spacial score (nSPS) is 12.2. The van der Waals surface area contributed by atoms with Crippen molar-refractivity contribution in [2.24, 2.45) is 0 Å². The van der Waals surface area contributed by atoms with E-state index in [-0.39, 0.29) is 31.1 Å². The van der Waals surface area contributed by atoms with Crippen LogP contribution in [0.1, 0.15) is 412 Å². The molecule has 0 aromatic heterocycles. The summed E-state index contributed by atoms with van der Waals surface area (Å²) < 4.78 is 17.0. The second-order valence-corrected chi connectivity index (χ2v) is 25.2. The van der Waals surface area contributed by atoms with Gasteiger partial charge in [-0.1, -0.05) is 359 Å². The number of carbonyl (C=O) groups excluding carboxylic acids is 3. The Hall–Kier alpha value is -2.37. The van der Waals surface area contributed by atoms with Crippen LogP contribution in [0.5, 0.6) is 0 Å². The quantitative estimate of drug-likeness (QED) is 0.0261. The molecule has 0 N–H and O–H groups in total. The summed E-state index contributed by atoms with van der Waals surface area (Å²) in [5, 5.41) is 0. The Kier molecular flexibility index (Phi) is 69.1. The number of esters is 3. The van der Waals surface area contributed by atoms with Crippen molar-refractivity contribution in [3.05, 3.63) is 36.5 Å². The fraction of sp³-hybridized carbons (Fsp3) is 0.882. The van der Waals surface area contributed by atoms with E-state index in [1.807, 2.05) is 0 Å². The van der Waals surface area contributed by atoms with Gasteiger partial charge in [-0.2, -0.15) is 0 Å². The highest BCUT2D eigenvalue weighted by atomic mass is 16.6. The fourth-order valence-electron chi connectivity index (χ4n) is 11.3. The second kappa shape index (κ2) is 71.1. The molecule has 1 atom stereocenters. The first-order valence-corrected chi connectivity index (χ1v) is 37.0. The molecule has 6 nitrogen and oxygen atoms in total. The van der Waals surface area contributed by atoms with Crippen LogP contribution < -0.4 is 0 Å². The molecule has 6 heteroatoms.